The van der Waals surface area contributed by atoms with Crippen LogP contribution in [0.1, 0.15) is 128 Å². The van der Waals surface area contributed by atoms with Gasteiger partial charge in [0.15, 0.2) is 7.31 Å². The molecule has 0 atom stereocenters. The number of hydrogen-bond donors (Lipinski definition) is 0. The van der Waals surface area contributed by atoms with Crippen LogP contribution >= 0.6 is 15.8 Å². The van der Waals surface area contributed by atoms with Gasteiger partial charge in [-0.25, -0.2) is 0 Å². The molecule has 4 fully saturated rings. The van der Waals surface area contributed by atoms with Crippen LogP contribution in [0.15, 0.2) is 0 Å². The molecule has 1 nitrogen and oxygen atoms in total. The van der Waals surface area contributed by atoms with Crippen molar-refractivity contribution in [2.24, 2.45) is 0 Å². The third kappa shape index (κ3) is 8.50. The van der Waals surface area contributed by atoms with Crippen molar-refractivity contribution in [1.82, 2.24) is 4.81 Å². The first-order valence-corrected chi connectivity index (χ1v) is 18.9. The van der Waals surface area contributed by atoms with Gasteiger partial charge in [-0.3, -0.25) is 0 Å². The van der Waals surface area contributed by atoms with Gasteiger partial charge in [-0.1, -0.05) is 92.9 Å². The average molecular weight is 489 g/mol. The van der Waals surface area contributed by atoms with E-state index in [-0.39, 0.29) is 15.8 Å². The fourth-order valence-corrected chi connectivity index (χ4v) is 15.7. The van der Waals surface area contributed by atoms with Gasteiger partial charge in [0.1, 0.15) is 0 Å². The summed E-state index contributed by atoms with van der Waals surface area (Å²) in [4.78, 5) is 2.93. The zero-order valence-electron chi connectivity index (χ0n) is 22.3. The van der Waals surface area contributed by atoms with Gasteiger partial charge in [0.25, 0.3) is 0 Å². The van der Waals surface area contributed by atoms with Crippen LogP contribution in [0, 0.1) is 0 Å². The second-order valence-electron chi connectivity index (χ2n) is 12.1. The summed E-state index contributed by atoms with van der Waals surface area (Å²) in [6.45, 7) is 2.88. The van der Waals surface area contributed by atoms with Gasteiger partial charge >= 0.3 is 0 Å². The van der Waals surface area contributed by atoms with Crippen molar-refractivity contribution in [3.05, 3.63) is 0 Å². The van der Waals surface area contributed by atoms with Crippen molar-refractivity contribution in [1.29, 1.82) is 0 Å². The van der Waals surface area contributed by atoms with E-state index in [0.29, 0.717) is 0 Å². The zero-order valence-corrected chi connectivity index (χ0v) is 24.1. The molecule has 188 valence electrons. The lowest BCUT2D eigenvalue weighted by Crippen LogP contribution is -2.36. The Hall–Kier alpha value is 0.950. The van der Waals surface area contributed by atoms with Gasteiger partial charge < -0.3 is 4.81 Å². The molecule has 0 aliphatic heterocycles. The zero-order chi connectivity index (χ0) is 22.7. The summed E-state index contributed by atoms with van der Waals surface area (Å²) < 4.78 is 0. The van der Waals surface area contributed by atoms with Gasteiger partial charge in [-0.05, 0) is 99.4 Å². The van der Waals surface area contributed by atoms with Crippen molar-refractivity contribution in [3.63, 3.8) is 0 Å². The Morgan fingerprint density at radius 3 is 1.00 bits per heavy atom. The standard InChI is InChI=1S/C28H55B2NP2/c29-30-31(21-23-32(25-13-5-1-6-14-25)26-15-7-2-8-16-26)22-24-33(27-17-9-3-10-18-27)28-19-11-4-12-20-28/h25-28,30H,1-24,29H2. The van der Waals surface area contributed by atoms with E-state index in [1.807, 2.05) is 0 Å². The first-order chi connectivity index (χ1) is 16.3. The van der Waals surface area contributed by atoms with Crippen molar-refractivity contribution in [2.45, 2.75) is 151 Å². The summed E-state index contributed by atoms with van der Waals surface area (Å²) in [6.07, 6.45) is 34.3. The van der Waals surface area contributed by atoms with E-state index in [1.165, 1.54) is 46.1 Å². The molecule has 5 heteroatoms. The van der Waals surface area contributed by atoms with Gasteiger partial charge in [0, 0.05) is 0 Å². The van der Waals surface area contributed by atoms with E-state index in [1.54, 1.807) is 115 Å². The molecule has 0 saturated heterocycles. The van der Waals surface area contributed by atoms with E-state index in [0.717, 1.165) is 22.6 Å². The second-order valence-corrected chi connectivity index (χ2v) is 17.9. The molecule has 0 heterocycles. The maximum atomic E-state index is 2.93. The van der Waals surface area contributed by atoms with Crippen LogP contribution < -0.4 is 0 Å². The Morgan fingerprint density at radius 1 is 0.485 bits per heavy atom. The highest BCUT2D eigenvalue weighted by Crippen LogP contribution is 2.57. The van der Waals surface area contributed by atoms with E-state index in [2.05, 4.69) is 12.5 Å². The van der Waals surface area contributed by atoms with Crippen LogP contribution in [-0.4, -0.2) is 67.9 Å². The monoisotopic (exact) mass is 489 g/mol. The molecule has 0 aromatic heterocycles. The van der Waals surface area contributed by atoms with Crippen LogP contribution in [0.2, 0.25) is 0 Å². The lowest BCUT2D eigenvalue weighted by Gasteiger charge is -2.41. The molecule has 0 N–H and O–H groups in total. The quantitative estimate of drug-likeness (QED) is 0.215. The maximum Gasteiger partial charge on any atom is 0.161 e. The molecular weight excluding hydrogens is 434 g/mol. The SMILES string of the molecule is BBN(CCP(C1CCCCC1)C1CCCCC1)CCP(C1CCCCC1)C1CCCCC1. The molecule has 0 aromatic rings. The summed E-state index contributed by atoms with van der Waals surface area (Å²) in [6, 6.07) is 0. The van der Waals surface area contributed by atoms with Gasteiger partial charge in [0.2, 0.25) is 0 Å². The molecule has 0 amide bonds. The topological polar surface area (TPSA) is 3.24 Å². The lowest BCUT2D eigenvalue weighted by atomic mass is 9.65. The Labute approximate surface area is 211 Å². The molecule has 4 rings (SSSR count). The molecule has 0 unspecified atom stereocenters. The Bertz CT molecular complexity index is 432. The maximum absolute atomic E-state index is 2.93. The average Bonchev–Trinajstić information content (AvgIpc) is 2.90. The number of nitrogens with zero attached hydrogens (tertiary/aromatic N) is 1. The van der Waals surface area contributed by atoms with Crippen molar-refractivity contribution in [2.75, 3.05) is 25.4 Å². The second kappa shape index (κ2) is 15.3. The van der Waals surface area contributed by atoms with Gasteiger partial charge in [-0.2, -0.15) is 0 Å². The molecule has 4 aliphatic rings. The first kappa shape index (κ1) is 27.0. The third-order valence-corrected chi connectivity index (χ3v) is 17.2. The highest BCUT2D eigenvalue weighted by Gasteiger charge is 2.33. The van der Waals surface area contributed by atoms with Crippen LogP contribution in [-0.2, 0) is 0 Å². The van der Waals surface area contributed by atoms with Crippen LogP contribution in [0.25, 0.3) is 0 Å². The molecule has 33 heavy (non-hydrogen) atoms. The molecule has 0 spiro atoms. The fraction of sp³-hybridized carbons (Fsp3) is 1.00. The lowest BCUT2D eigenvalue weighted by molar-refractivity contribution is 0.468. The molecule has 0 bridgehead atoms. The number of rotatable bonds is 11. The van der Waals surface area contributed by atoms with E-state index >= 15 is 0 Å². The summed E-state index contributed by atoms with van der Waals surface area (Å²) >= 11 is 0. The Balaban J connectivity index is 1.31. The van der Waals surface area contributed by atoms with Crippen molar-refractivity contribution < 1.29 is 0 Å². The van der Waals surface area contributed by atoms with Crippen molar-refractivity contribution >= 4 is 30.9 Å². The van der Waals surface area contributed by atoms with Crippen LogP contribution in [0.4, 0.5) is 0 Å². The minimum absolute atomic E-state index is 0.278. The highest BCUT2D eigenvalue weighted by molar-refractivity contribution is 7.59. The minimum atomic E-state index is 0.278. The summed E-state index contributed by atoms with van der Waals surface area (Å²) in [5.41, 5.74) is 4.55. The Morgan fingerprint density at radius 2 is 0.758 bits per heavy atom. The number of hydrogen-bond acceptors (Lipinski definition) is 1. The normalized spacial score (nSPS) is 25.3. The molecule has 4 saturated carbocycles. The molecule has 0 aromatic carbocycles. The minimum Gasteiger partial charge on any atom is -0.352 e. The summed E-state index contributed by atoms with van der Waals surface area (Å²) in [5, 5.41) is 0. The smallest absolute Gasteiger partial charge is 0.161 e. The Kier molecular flexibility index (Phi) is 12.5. The van der Waals surface area contributed by atoms with Gasteiger partial charge in [-0.15, -0.1) is 0 Å². The van der Waals surface area contributed by atoms with Crippen molar-refractivity contribution in [3.8, 4) is 0 Å². The predicted octanol–water partition coefficient (Wildman–Crippen LogP) is 7.48. The largest absolute Gasteiger partial charge is 0.352 e. The molecule has 0 radical (unpaired) electrons. The summed E-state index contributed by atoms with van der Waals surface area (Å²) in [5.74, 6) is 0. The summed E-state index contributed by atoms with van der Waals surface area (Å²) in [7, 11) is 4.32. The highest BCUT2D eigenvalue weighted by atomic mass is 31.1. The van der Waals surface area contributed by atoms with Crippen LogP contribution in [0.5, 0.6) is 0 Å². The first-order valence-electron chi connectivity index (χ1n) is 15.6. The predicted molar refractivity (Wildman–Crippen MR) is 158 cm³/mol. The molecular formula is C28H55B2NP2. The van der Waals surface area contributed by atoms with E-state index in [9.17, 15) is 0 Å². The third-order valence-electron chi connectivity index (χ3n) is 9.97. The van der Waals surface area contributed by atoms with E-state index < -0.39 is 0 Å². The van der Waals surface area contributed by atoms with Gasteiger partial charge in [0.05, 0.1) is 7.74 Å². The van der Waals surface area contributed by atoms with Crippen LogP contribution in [0.3, 0.4) is 0 Å². The molecule has 4 aliphatic carbocycles. The van der Waals surface area contributed by atoms with E-state index in [4.69, 9.17) is 0 Å². The fourth-order valence-electron chi connectivity index (χ4n) is 7.92.